The van der Waals surface area contributed by atoms with Crippen LogP contribution in [0.25, 0.3) is 0 Å². The molecule has 78 valence electrons. The Kier molecular flexibility index (Phi) is 5.35. The van der Waals surface area contributed by atoms with E-state index < -0.39 is 0 Å². The maximum Gasteiger partial charge on any atom is 0.0701 e. The van der Waals surface area contributed by atoms with Crippen molar-refractivity contribution in [3.63, 3.8) is 0 Å². The van der Waals surface area contributed by atoms with Crippen molar-refractivity contribution in [2.45, 2.75) is 25.8 Å². The van der Waals surface area contributed by atoms with Gasteiger partial charge in [0.1, 0.15) is 0 Å². The van der Waals surface area contributed by atoms with E-state index >= 15 is 0 Å². The highest BCUT2D eigenvalue weighted by Crippen LogP contribution is 2.27. The molecule has 1 unspecified atom stereocenters. The number of ether oxygens (including phenoxy) is 2. The van der Waals surface area contributed by atoms with Crippen LogP contribution in [-0.2, 0) is 9.47 Å². The summed E-state index contributed by atoms with van der Waals surface area (Å²) < 4.78 is 10.3. The first kappa shape index (κ1) is 11.0. The SMILES string of the molecule is COCCOCC(C)NCC1CC1. The van der Waals surface area contributed by atoms with Gasteiger partial charge in [-0.25, -0.2) is 0 Å². The number of nitrogens with one attached hydrogen (secondary N) is 1. The molecule has 1 saturated carbocycles. The van der Waals surface area contributed by atoms with Crippen molar-refractivity contribution in [3.8, 4) is 0 Å². The van der Waals surface area contributed by atoms with Gasteiger partial charge in [-0.3, -0.25) is 0 Å². The summed E-state index contributed by atoms with van der Waals surface area (Å²) in [6.45, 7) is 5.50. The Labute approximate surface area is 80.8 Å². The number of rotatable bonds is 8. The molecule has 0 aromatic heterocycles. The van der Waals surface area contributed by atoms with Crippen LogP contribution in [0.15, 0.2) is 0 Å². The maximum absolute atomic E-state index is 5.40. The van der Waals surface area contributed by atoms with Crippen LogP contribution in [0.3, 0.4) is 0 Å². The first-order valence-electron chi connectivity index (χ1n) is 5.13. The van der Waals surface area contributed by atoms with Gasteiger partial charge in [0, 0.05) is 13.2 Å². The summed E-state index contributed by atoms with van der Waals surface area (Å²) in [5.74, 6) is 0.946. The average molecular weight is 187 g/mol. The van der Waals surface area contributed by atoms with Crippen molar-refractivity contribution in [1.29, 1.82) is 0 Å². The zero-order valence-electron chi connectivity index (χ0n) is 8.71. The van der Waals surface area contributed by atoms with Gasteiger partial charge < -0.3 is 14.8 Å². The van der Waals surface area contributed by atoms with Crippen LogP contribution >= 0.6 is 0 Å². The van der Waals surface area contributed by atoms with Gasteiger partial charge in [-0.2, -0.15) is 0 Å². The molecule has 1 aliphatic carbocycles. The number of hydrogen-bond acceptors (Lipinski definition) is 3. The molecule has 3 heteroatoms. The molecule has 0 spiro atoms. The second-order valence-corrected chi connectivity index (χ2v) is 3.82. The standard InChI is InChI=1S/C10H21NO2/c1-9(8-13-6-5-12-2)11-7-10-3-4-10/h9-11H,3-8H2,1-2H3. The molecule has 1 rings (SSSR count). The fraction of sp³-hybridized carbons (Fsp3) is 1.00. The topological polar surface area (TPSA) is 30.5 Å². The van der Waals surface area contributed by atoms with E-state index in [0.29, 0.717) is 19.3 Å². The molecule has 1 atom stereocenters. The van der Waals surface area contributed by atoms with E-state index in [1.807, 2.05) is 0 Å². The Bertz CT molecular complexity index is 126. The minimum absolute atomic E-state index is 0.470. The molecule has 0 heterocycles. The van der Waals surface area contributed by atoms with Gasteiger partial charge in [0.25, 0.3) is 0 Å². The molecule has 0 saturated heterocycles. The largest absolute Gasteiger partial charge is 0.382 e. The van der Waals surface area contributed by atoms with Gasteiger partial charge in [-0.15, -0.1) is 0 Å². The summed E-state index contributed by atoms with van der Waals surface area (Å²) in [4.78, 5) is 0. The van der Waals surface area contributed by atoms with Crippen LogP contribution in [0, 0.1) is 5.92 Å². The van der Waals surface area contributed by atoms with Crippen LogP contribution < -0.4 is 5.32 Å². The van der Waals surface area contributed by atoms with Gasteiger partial charge in [0.05, 0.1) is 19.8 Å². The number of hydrogen-bond donors (Lipinski definition) is 1. The van der Waals surface area contributed by atoms with Gasteiger partial charge in [0.2, 0.25) is 0 Å². The predicted molar refractivity (Wildman–Crippen MR) is 52.9 cm³/mol. The van der Waals surface area contributed by atoms with Crippen molar-refractivity contribution in [1.82, 2.24) is 5.32 Å². The van der Waals surface area contributed by atoms with Crippen LogP contribution in [-0.4, -0.2) is 39.5 Å². The summed E-state index contributed by atoms with van der Waals surface area (Å²) in [5.41, 5.74) is 0. The van der Waals surface area contributed by atoms with Gasteiger partial charge >= 0.3 is 0 Å². The highest BCUT2D eigenvalue weighted by Gasteiger charge is 2.21. The molecule has 1 N–H and O–H groups in total. The van der Waals surface area contributed by atoms with E-state index in [0.717, 1.165) is 19.1 Å². The molecule has 0 bridgehead atoms. The Morgan fingerprint density at radius 2 is 2.15 bits per heavy atom. The summed E-state index contributed by atoms with van der Waals surface area (Å²) in [5, 5.41) is 3.46. The van der Waals surface area contributed by atoms with Crippen LogP contribution in [0.2, 0.25) is 0 Å². The number of methoxy groups -OCH3 is 1. The van der Waals surface area contributed by atoms with Crippen molar-refractivity contribution in [3.05, 3.63) is 0 Å². The molecule has 1 fully saturated rings. The zero-order chi connectivity index (χ0) is 9.52. The predicted octanol–water partition coefficient (Wildman–Crippen LogP) is 1.04. The molecular formula is C10H21NO2. The molecule has 0 aromatic carbocycles. The van der Waals surface area contributed by atoms with Crippen LogP contribution in [0.1, 0.15) is 19.8 Å². The summed E-state index contributed by atoms with van der Waals surface area (Å²) in [6.07, 6.45) is 2.81. The highest BCUT2D eigenvalue weighted by atomic mass is 16.5. The first-order chi connectivity index (χ1) is 6.33. The Hall–Kier alpha value is -0.120. The smallest absolute Gasteiger partial charge is 0.0701 e. The Morgan fingerprint density at radius 1 is 1.38 bits per heavy atom. The lowest BCUT2D eigenvalue weighted by Crippen LogP contribution is -2.32. The van der Waals surface area contributed by atoms with Crippen molar-refractivity contribution in [2.75, 3.05) is 33.5 Å². The van der Waals surface area contributed by atoms with E-state index in [1.54, 1.807) is 7.11 Å². The third-order valence-corrected chi connectivity index (χ3v) is 2.25. The molecular weight excluding hydrogens is 166 g/mol. The van der Waals surface area contributed by atoms with Gasteiger partial charge in [0.15, 0.2) is 0 Å². The average Bonchev–Trinajstić information content (AvgIpc) is 2.92. The second kappa shape index (κ2) is 6.35. The lowest BCUT2D eigenvalue weighted by Gasteiger charge is -2.13. The quantitative estimate of drug-likeness (QED) is 0.576. The Balaban J connectivity index is 1.81. The lowest BCUT2D eigenvalue weighted by molar-refractivity contribution is 0.0609. The second-order valence-electron chi connectivity index (χ2n) is 3.82. The molecule has 0 amide bonds. The Morgan fingerprint density at radius 3 is 2.77 bits per heavy atom. The molecule has 13 heavy (non-hydrogen) atoms. The highest BCUT2D eigenvalue weighted by molar-refractivity contribution is 4.76. The molecule has 0 aliphatic heterocycles. The monoisotopic (exact) mass is 187 g/mol. The van der Waals surface area contributed by atoms with Crippen LogP contribution in [0.5, 0.6) is 0 Å². The molecule has 0 aromatic rings. The summed E-state index contributed by atoms with van der Waals surface area (Å²) in [7, 11) is 1.69. The fourth-order valence-electron chi connectivity index (χ4n) is 1.15. The van der Waals surface area contributed by atoms with Crippen molar-refractivity contribution >= 4 is 0 Å². The van der Waals surface area contributed by atoms with Crippen molar-refractivity contribution in [2.24, 2.45) is 5.92 Å². The third-order valence-electron chi connectivity index (χ3n) is 2.25. The van der Waals surface area contributed by atoms with E-state index in [-0.39, 0.29) is 0 Å². The fourth-order valence-corrected chi connectivity index (χ4v) is 1.15. The van der Waals surface area contributed by atoms with E-state index in [9.17, 15) is 0 Å². The summed E-state index contributed by atoms with van der Waals surface area (Å²) in [6, 6.07) is 0.470. The van der Waals surface area contributed by atoms with E-state index in [2.05, 4.69) is 12.2 Å². The molecule has 0 radical (unpaired) electrons. The van der Waals surface area contributed by atoms with Gasteiger partial charge in [-0.1, -0.05) is 0 Å². The molecule has 3 nitrogen and oxygen atoms in total. The minimum atomic E-state index is 0.470. The minimum Gasteiger partial charge on any atom is -0.382 e. The summed E-state index contributed by atoms with van der Waals surface area (Å²) >= 11 is 0. The van der Waals surface area contributed by atoms with E-state index in [4.69, 9.17) is 9.47 Å². The zero-order valence-corrected chi connectivity index (χ0v) is 8.71. The van der Waals surface area contributed by atoms with E-state index in [1.165, 1.54) is 12.8 Å². The first-order valence-corrected chi connectivity index (χ1v) is 5.13. The maximum atomic E-state index is 5.40. The third kappa shape index (κ3) is 6.02. The lowest BCUT2D eigenvalue weighted by atomic mass is 10.3. The molecule has 1 aliphatic rings. The van der Waals surface area contributed by atoms with Crippen LogP contribution in [0.4, 0.5) is 0 Å². The normalized spacial score (nSPS) is 18.9. The van der Waals surface area contributed by atoms with Gasteiger partial charge in [-0.05, 0) is 32.2 Å². The van der Waals surface area contributed by atoms with Crippen molar-refractivity contribution < 1.29 is 9.47 Å².